The molecule has 1 aliphatic heterocycles. The Morgan fingerprint density at radius 1 is 1.34 bits per heavy atom. The number of halogens is 4. The zero-order valence-corrected chi connectivity index (χ0v) is 20.9. The lowest BCUT2D eigenvalue weighted by atomic mass is 10.1. The molecule has 2 heterocycles. The van der Waals surface area contributed by atoms with Gasteiger partial charge in [0.1, 0.15) is 23.0 Å². The van der Waals surface area contributed by atoms with Crippen LogP contribution in [0.1, 0.15) is 49.6 Å². The number of nitrogens with two attached hydrogens (primary N) is 1. The van der Waals surface area contributed by atoms with Crippen LogP contribution in [0.5, 0.6) is 0 Å². The highest BCUT2D eigenvalue weighted by Crippen LogP contribution is 2.16. The highest BCUT2D eigenvalue weighted by molar-refractivity contribution is 5.94. The summed E-state index contributed by atoms with van der Waals surface area (Å²) in [5, 5.41) is 2.45. The molecular weight excluding hydrogens is 468 g/mol. The van der Waals surface area contributed by atoms with E-state index in [1.165, 1.54) is 12.3 Å². The van der Waals surface area contributed by atoms with Crippen LogP contribution in [0.15, 0.2) is 53.1 Å². The summed E-state index contributed by atoms with van der Waals surface area (Å²) in [6.07, 6.45) is 5.93. The fourth-order valence-corrected chi connectivity index (χ4v) is 2.12. The second kappa shape index (κ2) is 18.0. The molecule has 0 aromatic carbocycles. The molecule has 35 heavy (non-hydrogen) atoms. The summed E-state index contributed by atoms with van der Waals surface area (Å²) in [4.78, 5) is 27.7. The fourth-order valence-electron chi connectivity index (χ4n) is 2.12. The molecule has 0 aliphatic carbocycles. The van der Waals surface area contributed by atoms with Crippen LogP contribution in [0.25, 0.3) is 0 Å². The Balaban J connectivity index is 0. The predicted octanol–water partition coefficient (Wildman–Crippen LogP) is 4.76. The number of aryl methyl sites for hydroxylation is 2. The number of allylic oxidation sites excluding steroid dienone is 2. The molecule has 1 aliphatic rings. The monoisotopic (exact) mass is 502 g/mol. The first-order valence-corrected chi connectivity index (χ1v) is 10.5. The number of amidine groups is 1. The number of aliphatic imine (C=N–C) groups is 2. The molecule has 0 bridgehead atoms. The van der Waals surface area contributed by atoms with Crippen molar-refractivity contribution in [2.24, 2.45) is 15.7 Å². The highest BCUT2D eigenvalue weighted by atomic mass is 19.4. The zero-order valence-electron chi connectivity index (χ0n) is 20.9. The molecule has 1 amide bonds. The first-order valence-electron chi connectivity index (χ1n) is 10.5. The fraction of sp³-hybridized carbons (Fsp3) is 0.435. The molecule has 8 nitrogen and oxygen atoms in total. The smallest absolute Gasteiger partial charge is 0.379 e. The zero-order chi connectivity index (χ0) is 27.6. The maximum absolute atomic E-state index is 11.8. The normalized spacial score (nSPS) is 16.4. The van der Waals surface area contributed by atoms with Gasteiger partial charge in [0.2, 0.25) is 0 Å². The number of nitrogens with zero attached hydrogens (tertiary/aromatic N) is 4. The van der Waals surface area contributed by atoms with Crippen molar-refractivity contribution >= 4 is 18.5 Å². The second-order valence-corrected chi connectivity index (χ2v) is 6.81. The Labute approximate surface area is 203 Å². The van der Waals surface area contributed by atoms with E-state index in [9.17, 15) is 22.4 Å². The summed E-state index contributed by atoms with van der Waals surface area (Å²) in [6.45, 7) is 15.1. The minimum absolute atomic E-state index is 0.0306. The van der Waals surface area contributed by atoms with E-state index >= 15 is 0 Å². The number of carbonyl (C=O) groups is 1. The average molecular weight is 503 g/mol. The van der Waals surface area contributed by atoms with Crippen LogP contribution in [0.2, 0.25) is 0 Å². The van der Waals surface area contributed by atoms with Crippen LogP contribution in [-0.4, -0.2) is 53.4 Å². The van der Waals surface area contributed by atoms with E-state index in [4.69, 9.17) is 10.5 Å². The number of hydrogen-bond acceptors (Lipinski definition) is 7. The Kier molecular flexibility index (Phi) is 17.3. The molecule has 1 aromatic heterocycles. The van der Waals surface area contributed by atoms with Gasteiger partial charge in [0.05, 0.1) is 30.4 Å². The van der Waals surface area contributed by atoms with Crippen LogP contribution in [0.3, 0.4) is 0 Å². The number of ether oxygens (including phenoxy) is 1. The number of amides is 1. The van der Waals surface area contributed by atoms with Crippen LogP contribution in [-0.2, 0) is 4.74 Å². The number of hydrogen-bond donors (Lipinski definition) is 2. The quantitative estimate of drug-likeness (QED) is 0.261. The van der Waals surface area contributed by atoms with Gasteiger partial charge in [-0.1, -0.05) is 19.9 Å². The molecular formula is C23H34F4N6O2. The summed E-state index contributed by atoms with van der Waals surface area (Å²) in [7, 11) is 0. The number of rotatable bonds is 5. The van der Waals surface area contributed by atoms with E-state index in [-0.39, 0.29) is 17.6 Å². The predicted molar refractivity (Wildman–Crippen MR) is 131 cm³/mol. The lowest BCUT2D eigenvalue weighted by Gasteiger charge is -2.30. The largest absolute Gasteiger partial charge is 0.385 e. The third kappa shape index (κ3) is 14.5. The molecule has 2 rings (SSSR count). The van der Waals surface area contributed by atoms with Crippen molar-refractivity contribution in [1.29, 1.82) is 0 Å². The Morgan fingerprint density at radius 3 is 2.34 bits per heavy atom. The molecule has 0 fully saturated rings. The number of alkyl halides is 3. The lowest BCUT2D eigenvalue weighted by molar-refractivity contribution is 0.00817. The van der Waals surface area contributed by atoms with Crippen LogP contribution >= 0.6 is 0 Å². The number of nitrogens with one attached hydrogen (secondary N) is 1. The topological polar surface area (TPSA) is 115 Å². The summed E-state index contributed by atoms with van der Waals surface area (Å²) in [5.74, 6) is 0.218. The van der Waals surface area contributed by atoms with Crippen LogP contribution in [0, 0.1) is 13.8 Å². The molecule has 0 saturated carbocycles. The van der Waals surface area contributed by atoms with E-state index in [0.29, 0.717) is 24.5 Å². The SMILES string of the molecule is C=CC1COC(C)(C)C(N)=N1.C=N/C(=C\C=C\F)NC(=O)c1ncc(C)nc1C.CC.FC(F)F. The van der Waals surface area contributed by atoms with Crippen LogP contribution in [0.4, 0.5) is 17.6 Å². The van der Waals surface area contributed by atoms with E-state index in [1.54, 1.807) is 19.9 Å². The molecule has 196 valence electrons. The van der Waals surface area contributed by atoms with Crippen molar-refractivity contribution in [2.75, 3.05) is 6.61 Å². The van der Waals surface area contributed by atoms with Gasteiger partial charge in [0, 0.05) is 6.20 Å². The van der Waals surface area contributed by atoms with Gasteiger partial charge >= 0.3 is 6.68 Å². The number of aromatic nitrogens is 2. The first kappa shape index (κ1) is 33.8. The van der Waals surface area contributed by atoms with Crippen molar-refractivity contribution in [3.05, 3.63) is 60.2 Å². The van der Waals surface area contributed by atoms with Crippen molar-refractivity contribution in [2.45, 2.75) is 59.9 Å². The first-order chi connectivity index (χ1) is 16.4. The molecule has 1 atom stereocenters. The van der Waals surface area contributed by atoms with Crippen LogP contribution < -0.4 is 11.1 Å². The molecule has 12 heteroatoms. The van der Waals surface area contributed by atoms with Crippen molar-refractivity contribution in [3.63, 3.8) is 0 Å². The summed E-state index contributed by atoms with van der Waals surface area (Å²) >= 11 is 0. The molecule has 1 unspecified atom stereocenters. The van der Waals surface area contributed by atoms with E-state index < -0.39 is 18.2 Å². The molecule has 0 spiro atoms. The van der Waals surface area contributed by atoms with Gasteiger partial charge < -0.3 is 15.8 Å². The maximum atomic E-state index is 11.8. The van der Waals surface area contributed by atoms with Gasteiger partial charge in [-0.3, -0.25) is 14.8 Å². The Morgan fingerprint density at radius 2 is 1.91 bits per heavy atom. The molecule has 0 saturated heterocycles. The lowest BCUT2D eigenvalue weighted by Crippen LogP contribution is -2.46. The van der Waals surface area contributed by atoms with Gasteiger partial charge in [-0.15, -0.1) is 6.58 Å². The van der Waals surface area contributed by atoms with Gasteiger partial charge in [0.15, 0.2) is 0 Å². The van der Waals surface area contributed by atoms with Crippen molar-refractivity contribution in [3.8, 4) is 0 Å². The standard InChI is InChI=1S/C12H13FN4O.C8H14N2O.C2H6.CHF3/c1-8-7-15-11(9(2)16-8)12(18)17-10(14-3)5-4-6-13;1-4-6-5-11-8(2,3)7(9)10-6;1-2;2-1(3)4/h4-7H,3H2,1-2H3,(H,17,18);4,6H,1,5H2,2-3H3,(H2,9,10);1-2H3;1H/b6-4+,10-5+;;;. The summed E-state index contributed by atoms with van der Waals surface area (Å²) < 4.78 is 46.3. The maximum Gasteiger partial charge on any atom is 0.379 e. The van der Waals surface area contributed by atoms with E-state index in [2.05, 4.69) is 38.6 Å². The molecule has 1 aromatic rings. The Bertz CT molecular complexity index is 899. The van der Waals surface area contributed by atoms with Gasteiger partial charge in [-0.2, -0.15) is 13.2 Å². The van der Waals surface area contributed by atoms with Gasteiger partial charge in [-0.25, -0.2) is 14.4 Å². The Hall–Kier alpha value is -3.41. The summed E-state index contributed by atoms with van der Waals surface area (Å²) in [6, 6.07) is 0.0306. The van der Waals surface area contributed by atoms with Crippen molar-refractivity contribution < 1.29 is 27.1 Å². The third-order valence-corrected chi connectivity index (χ3v) is 3.83. The summed E-state index contributed by atoms with van der Waals surface area (Å²) in [5.41, 5.74) is 6.68. The average Bonchev–Trinajstić information content (AvgIpc) is 2.79. The van der Waals surface area contributed by atoms with E-state index in [1.807, 2.05) is 27.7 Å². The number of carbonyl (C=O) groups excluding carboxylic acids is 1. The minimum atomic E-state index is -3.67. The van der Waals surface area contributed by atoms with Crippen molar-refractivity contribution in [1.82, 2.24) is 15.3 Å². The highest BCUT2D eigenvalue weighted by Gasteiger charge is 2.28. The molecule has 0 radical (unpaired) electrons. The van der Waals surface area contributed by atoms with E-state index in [0.717, 1.165) is 11.8 Å². The van der Waals surface area contributed by atoms with Gasteiger partial charge in [0.25, 0.3) is 5.91 Å². The van der Waals surface area contributed by atoms with Gasteiger partial charge in [-0.05, 0) is 46.6 Å². The second-order valence-electron chi connectivity index (χ2n) is 6.81. The molecule has 3 N–H and O–H groups in total. The third-order valence-electron chi connectivity index (χ3n) is 3.83. The minimum Gasteiger partial charge on any atom is -0.385 e.